The highest BCUT2D eigenvalue weighted by Gasteiger charge is 2.35. The lowest BCUT2D eigenvalue weighted by molar-refractivity contribution is -0.137. The van der Waals surface area contributed by atoms with Crippen LogP contribution in [0.1, 0.15) is 34.0 Å². The number of nitrogens with zero attached hydrogens (tertiary/aromatic N) is 2. The highest BCUT2D eigenvalue weighted by atomic mass is 32.2. The summed E-state index contributed by atoms with van der Waals surface area (Å²) in [5, 5.41) is -0.493. The molecule has 3 rings (SSSR count). The van der Waals surface area contributed by atoms with Crippen LogP contribution in [0.15, 0.2) is 53.4 Å². The summed E-state index contributed by atoms with van der Waals surface area (Å²) < 4.78 is 38.0. The number of thioether (sulfide) groups is 1. The number of carbonyl (C=O) groups is 3. The maximum absolute atomic E-state index is 12.7. The molecule has 0 atom stereocenters. The van der Waals surface area contributed by atoms with Crippen molar-refractivity contribution in [2.75, 3.05) is 13.6 Å². The Labute approximate surface area is 181 Å². The highest BCUT2D eigenvalue weighted by Crippen LogP contribution is 2.34. The van der Waals surface area contributed by atoms with E-state index in [9.17, 15) is 27.6 Å². The zero-order valence-corrected chi connectivity index (χ0v) is 17.6. The van der Waals surface area contributed by atoms with Gasteiger partial charge in [-0.2, -0.15) is 13.2 Å². The largest absolute Gasteiger partial charge is 0.416 e. The quantitative estimate of drug-likeness (QED) is 0.602. The van der Waals surface area contributed by atoms with Gasteiger partial charge in [0.25, 0.3) is 17.1 Å². The standard InChI is InChI=1S/C22H19F3N2O3S/c1-3-26(2)19(28)16-8-4-14(5-9-16)12-18-20(29)27(21(30)31-18)13-15-6-10-17(11-7-15)22(23,24)25/h4-12H,3,13H2,1-2H3/b18-12-. The predicted molar refractivity (Wildman–Crippen MR) is 112 cm³/mol. The summed E-state index contributed by atoms with van der Waals surface area (Å²) in [5.41, 5.74) is 0.782. The molecule has 5 nitrogen and oxygen atoms in total. The molecule has 31 heavy (non-hydrogen) atoms. The first-order chi connectivity index (χ1) is 14.6. The Morgan fingerprint density at radius 3 is 2.23 bits per heavy atom. The molecule has 1 saturated heterocycles. The lowest BCUT2D eigenvalue weighted by Crippen LogP contribution is -2.27. The maximum Gasteiger partial charge on any atom is 0.416 e. The molecular formula is C22H19F3N2O3S. The summed E-state index contributed by atoms with van der Waals surface area (Å²) >= 11 is 0.766. The van der Waals surface area contributed by atoms with Crippen molar-refractivity contribution in [2.24, 2.45) is 0 Å². The lowest BCUT2D eigenvalue weighted by atomic mass is 10.1. The molecular weight excluding hydrogens is 429 g/mol. The molecule has 0 aromatic heterocycles. The van der Waals surface area contributed by atoms with E-state index >= 15 is 0 Å². The third-order valence-electron chi connectivity index (χ3n) is 4.77. The van der Waals surface area contributed by atoms with Crippen molar-refractivity contribution >= 4 is 34.9 Å². The molecule has 1 aliphatic rings. The third kappa shape index (κ3) is 5.16. The summed E-state index contributed by atoms with van der Waals surface area (Å²) in [6.07, 6.45) is -2.90. The van der Waals surface area contributed by atoms with E-state index in [1.54, 1.807) is 42.3 Å². The van der Waals surface area contributed by atoms with Crippen molar-refractivity contribution in [3.8, 4) is 0 Å². The number of rotatable bonds is 5. The first-order valence-corrected chi connectivity index (χ1v) is 10.2. The van der Waals surface area contributed by atoms with Crippen molar-refractivity contribution in [3.63, 3.8) is 0 Å². The van der Waals surface area contributed by atoms with E-state index in [-0.39, 0.29) is 17.4 Å². The van der Waals surface area contributed by atoms with Crippen LogP contribution in [0.25, 0.3) is 6.08 Å². The molecule has 0 saturated carbocycles. The first kappa shape index (κ1) is 22.6. The van der Waals surface area contributed by atoms with Crippen LogP contribution in [0.3, 0.4) is 0 Å². The fraction of sp³-hybridized carbons (Fsp3) is 0.227. The van der Waals surface area contributed by atoms with Crippen LogP contribution in [0.5, 0.6) is 0 Å². The second-order valence-electron chi connectivity index (χ2n) is 6.90. The Hall–Kier alpha value is -3.07. The number of alkyl halides is 3. The smallest absolute Gasteiger partial charge is 0.342 e. The summed E-state index contributed by atoms with van der Waals surface area (Å²) in [5.74, 6) is -0.633. The number of benzene rings is 2. The molecule has 1 heterocycles. The van der Waals surface area contributed by atoms with Gasteiger partial charge in [0, 0.05) is 19.2 Å². The molecule has 0 spiro atoms. The van der Waals surface area contributed by atoms with E-state index in [2.05, 4.69) is 0 Å². The Kier molecular flexibility index (Phi) is 6.54. The Morgan fingerprint density at radius 2 is 1.68 bits per heavy atom. The minimum atomic E-state index is -4.45. The molecule has 2 aromatic carbocycles. The maximum atomic E-state index is 12.7. The number of hydrogen-bond donors (Lipinski definition) is 0. The molecule has 0 bridgehead atoms. The van der Waals surface area contributed by atoms with Gasteiger partial charge in [-0.25, -0.2) is 0 Å². The van der Waals surface area contributed by atoms with Gasteiger partial charge in [-0.1, -0.05) is 24.3 Å². The summed E-state index contributed by atoms with van der Waals surface area (Å²) in [6.45, 7) is 2.33. The van der Waals surface area contributed by atoms with Crippen LogP contribution >= 0.6 is 11.8 Å². The topological polar surface area (TPSA) is 57.7 Å². The van der Waals surface area contributed by atoms with Crippen LogP contribution in [0, 0.1) is 0 Å². The Bertz CT molecular complexity index is 1030. The summed E-state index contributed by atoms with van der Waals surface area (Å²) in [6, 6.07) is 11.0. The molecule has 3 amide bonds. The molecule has 0 N–H and O–H groups in total. The van der Waals surface area contributed by atoms with Gasteiger partial charge in [-0.05, 0) is 60.2 Å². The average molecular weight is 448 g/mol. The number of amides is 3. The number of hydrogen-bond acceptors (Lipinski definition) is 4. The van der Waals surface area contributed by atoms with Crippen LogP contribution in [0.2, 0.25) is 0 Å². The van der Waals surface area contributed by atoms with Gasteiger partial charge in [0.05, 0.1) is 17.0 Å². The molecule has 0 aliphatic carbocycles. The van der Waals surface area contributed by atoms with Gasteiger partial charge in [0.2, 0.25) is 0 Å². The van der Waals surface area contributed by atoms with Crippen molar-refractivity contribution in [3.05, 3.63) is 75.7 Å². The molecule has 1 aliphatic heterocycles. The summed E-state index contributed by atoms with van der Waals surface area (Å²) in [4.78, 5) is 39.8. The molecule has 2 aromatic rings. The molecule has 1 fully saturated rings. The minimum Gasteiger partial charge on any atom is -0.342 e. The van der Waals surface area contributed by atoms with E-state index in [1.165, 1.54) is 12.1 Å². The van der Waals surface area contributed by atoms with Crippen molar-refractivity contribution in [1.82, 2.24) is 9.80 Å². The highest BCUT2D eigenvalue weighted by molar-refractivity contribution is 8.18. The Morgan fingerprint density at radius 1 is 1.06 bits per heavy atom. The van der Waals surface area contributed by atoms with Gasteiger partial charge < -0.3 is 4.90 Å². The first-order valence-electron chi connectivity index (χ1n) is 9.37. The monoisotopic (exact) mass is 448 g/mol. The zero-order chi connectivity index (χ0) is 22.8. The molecule has 0 radical (unpaired) electrons. The van der Waals surface area contributed by atoms with E-state index in [4.69, 9.17) is 0 Å². The van der Waals surface area contributed by atoms with E-state index < -0.39 is 22.9 Å². The average Bonchev–Trinajstić information content (AvgIpc) is 3.00. The van der Waals surface area contributed by atoms with Crippen LogP contribution in [-0.2, 0) is 17.5 Å². The second-order valence-corrected chi connectivity index (χ2v) is 7.90. The lowest BCUT2D eigenvalue weighted by Gasteiger charge is -2.14. The fourth-order valence-electron chi connectivity index (χ4n) is 2.86. The fourth-order valence-corrected chi connectivity index (χ4v) is 3.69. The number of halogens is 3. The second kappa shape index (κ2) is 8.97. The van der Waals surface area contributed by atoms with Gasteiger partial charge in [-0.15, -0.1) is 0 Å². The van der Waals surface area contributed by atoms with Gasteiger partial charge in [-0.3, -0.25) is 19.3 Å². The van der Waals surface area contributed by atoms with Crippen molar-refractivity contribution in [1.29, 1.82) is 0 Å². The number of imide groups is 1. The van der Waals surface area contributed by atoms with Crippen molar-refractivity contribution in [2.45, 2.75) is 19.6 Å². The SMILES string of the molecule is CCN(C)C(=O)c1ccc(/C=C2\SC(=O)N(Cc3ccc(C(F)(F)F)cc3)C2=O)cc1. The minimum absolute atomic E-state index is 0.114. The Balaban J connectivity index is 1.72. The van der Waals surface area contributed by atoms with Gasteiger partial charge >= 0.3 is 6.18 Å². The normalized spacial score (nSPS) is 15.6. The predicted octanol–water partition coefficient (Wildman–Crippen LogP) is 5.03. The van der Waals surface area contributed by atoms with E-state index in [0.29, 0.717) is 23.2 Å². The van der Waals surface area contributed by atoms with Gasteiger partial charge in [0.15, 0.2) is 0 Å². The van der Waals surface area contributed by atoms with Crippen LogP contribution < -0.4 is 0 Å². The zero-order valence-electron chi connectivity index (χ0n) is 16.8. The van der Waals surface area contributed by atoms with E-state index in [1.807, 2.05) is 6.92 Å². The molecule has 0 unspecified atom stereocenters. The van der Waals surface area contributed by atoms with Crippen LogP contribution in [0.4, 0.5) is 18.0 Å². The van der Waals surface area contributed by atoms with Gasteiger partial charge in [0.1, 0.15) is 0 Å². The van der Waals surface area contributed by atoms with Crippen LogP contribution in [-0.4, -0.2) is 40.4 Å². The summed E-state index contributed by atoms with van der Waals surface area (Å²) in [7, 11) is 1.70. The van der Waals surface area contributed by atoms with E-state index in [0.717, 1.165) is 28.8 Å². The molecule has 9 heteroatoms. The molecule has 162 valence electrons. The third-order valence-corrected chi connectivity index (χ3v) is 5.68. The van der Waals surface area contributed by atoms with Crippen molar-refractivity contribution < 1.29 is 27.6 Å². The number of carbonyl (C=O) groups excluding carboxylic acids is 3.